The van der Waals surface area contributed by atoms with Gasteiger partial charge in [0.05, 0.1) is 6.42 Å². The van der Waals surface area contributed by atoms with Gasteiger partial charge in [-0.15, -0.1) is 0 Å². The Bertz CT molecular complexity index is 2930. The molecule has 26 nitrogen and oxygen atoms in total. The highest BCUT2D eigenvalue weighted by Crippen LogP contribution is 2.27. The molecule has 6 rings (SSSR count). The Balaban J connectivity index is 1.42. The summed E-state index contributed by atoms with van der Waals surface area (Å²) in [5, 5.41) is 31.8. The van der Waals surface area contributed by atoms with E-state index in [4.69, 9.17) is 11.5 Å². The van der Waals surface area contributed by atoms with Crippen LogP contribution in [0.15, 0.2) is 60.8 Å². The molecule has 0 saturated carbocycles. The molecule has 0 radical (unpaired) electrons. The predicted octanol–water partition coefficient (Wildman–Crippen LogP) is -0.192. The number of aliphatic carboxylic acids is 1. The second kappa shape index (κ2) is 31.6. The topological polar surface area (TPSA) is 396 Å². The molecule has 3 fully saturated rings. The highest BCUT2D eigenvalue weighted by Gasteiger charge is 2.45. The monoisotopic (exact) mass is 1200 g/mol. The molecule has 468 valence electrons. The number of aromatic nitrogens is 1. The molecule has 3 saturated heterocycles. The minimum atomic E-state index is -1.75. The van der Waals surface area contributed by atoms with Gasteiger partial charge >= 0.3 is 5.97 Å². The smallest absolute Gasteiger partial charge is 0.303 e. The number of unbranched alkanes of at least 4 members (excludes halogenated alkanes) is 1. The summed E-state index contributed by atoms with van der Waals surface area (Å²) >= 11 is 0. The van der Waals surface area contributed by atoms with E-state index in [0.717, 1.165) is 10.9 Å². The molecule has 4 heterocycles. The van der Waals surface area contributed by atoms with Crippen molar-refractivity contribution in [2.45, 2.75) is 185 Å². The first-order valence-corrected chi connectivity index (χ1v) is 29.8. The van der Waals surface area contributed by atoms with Gasteiger partial charge in [0.25, 0.3) is 0 Å². The number of aromatic amines is 1. The Hall–Kier alpha value is -8.42. The lowest BCUT2D eigenvalue weighted by molar-refractivity contribution is -0.148. The number of amides is 11. The van der Waals surface area contributed by atoms with Gasteiger partial charge in [0.2, 0.25) is 65.0 Å². The van der Waals surface area contributed by atoms with Crippen LogP contribution in [0, 0.1) is 11.8 Å². The number of carbonyl (C=O) groups is 12. The Morgan fingerprint density at radius 3 is 1.63 bits per heavy atom. The zero-order valence-corrected chi connectivity index (χ0v) is 49.6. The van der Waals surface area contributed by atoms with Crippen molar-refractivity contribution in [3.63, 3.8) is 0 Å². The molecule has 2 aromatic carbocycles. The molecule has 10 atom stereocenters. The Morgan fingerprint density at radius 2 is 1.03 bits per heavy atom. The van der Waals surface area contributed by atoms with E-state index in [1.165, 1.54) is 16.7 Å². The lowest BCUT2D eigenvalue weighted by Crippen LogP contribution is -2.61. The number of nitrogens with one attached hydrogen (secondary N) is 9. The third-order valence-electron chi connectivity index (χ3n) is 15.6. The lowest BCUT2D eigenvalue weighted by atomic mass is 9.98. The van der Waals surface area contributed by atoms with E-state index in [1.54, 1.807) is 56.4 Å². The third kappa shape index (κ3) is 18.8. The molecule has 0 bridgehead atoms. The number of rotatable bonds is 17. The summed E-state index contributed by atoms with van der Waals surface area (Å²) < 4.78 is 0. The quantitative estimate of drug-likeness (QED) is 0.0780. The van der Waals surface area contributed by atoms with Crippen molar-refractivity contribution in [2.75, 3.05) is 19.6 Å². The number of carboxylic acid groups (broad SMARTS) is 1. The highest BCUT2D eigenvalue weighted by atomic mass is 16.4. The van der Waals surface area contributed by atoms with Crippen molar-refractivity contribution >= 4 is 81.9 Å². The van der Waals surface area contributed by atoms with E-state index < -0.39 is 151 Å². The maximum absolute atomic E-state index is 14.9. The van der Waals surface area contributed by atoms with Crippen LogP contribution in [0.2, 0.25) is 0 Å². The van der Waals surface area contributed by atoms with E-state index >= 15 is 0 Å². The Kier molecular flexibility index (Phi) is 24.5. The van der Waals surface area contributed by atoms with E-state index in [2.05, 4.69) is 47.5 Å². The van der Waals surface area contributed by atoms with Crippen LogP contribution in [0.25, 0.3) is 10.9 Å². The van der Waals surface area contributed by atoms with Crippen LogP contribution in [0.1, 0.15) is 123 Å². The largest absolute Gasteiger partial charge is 0.481 e. The number of primary amides is 1. The summed E-state index contributed by atoms with van der Waals surface area (Å²) in [6.45, 7) is 9.02. The van der Waals surface area contributed by atoms with Gasteiger partial charge in [-0.25, -0.2) is 0 Å². The van der Waals surface area contributed by atoms with Crippen molar-refractivity contribution in [2.24, 2.45) is 23.3 Å². The fourth-order valence-electron chi connectivity index (χ4n) is 11.2. The first kappa shape index (κ1) is 66.7. The van der Waals surface area contributed by atoms with Crippen molar-refractivity contribution in [1.82, 2.24) is 57.3 Å². The predicted molar refractivity (Wildman–Crippen MR) is 315 cm³/mol. The number of carboxylic acids is 1. The number of carbonyl (C=O) groups excluding carboxylic acids is 11. The minimum absolute atomic E-state index is 0.0314. The van der Waals surface area contributed by atoms with Gasteiger partial charge in [0, 0.05) is 49.5 Å². The average molecular weight is 1200 g/mol. The molecule has 86 heavy (non-hydrogen) atoms. The van der Waals surface area contributed by atoms with Gasteiger partial charge in [-0.05, 0) is 107 Å². The summed E-state index contributed by atoms with van der Waals surface area (Å²) in [6.07, 6.45) is 1.44. The molecule has 1 aromatic heterocycles. The van der Waals surface area contributed by atoms with Gasteiger partial charge in [-0.3, -0.25) is 57.5 Å². The first-order chi connectivity index (χ1) is 40.9. The number of benzene rings is 2. The maximum atomic E-state index is 14.9. The molecule has 14 N–H and O–H groups in total. The van der Waals surface area contributed by atoms with E-state index in [0.29, 0.717) is 30.4 Å². The van der Waals surface area contributed by atoms with Crippen LogP contribution in [0.5, 0.6) is 0 Å². The molecule has 0 unspecified atom stereocenters. The molecule has 11 amide bonds. The van der Waals surface area contributed by atoms with Crippen molar-refractivity contribution in [3.8, 4) is 0 Å². The molecule has 3 aliphatic rings. The second-order valence-electron chi connectivity index (χ2n) is 23.4. The number of hydrogen-bond donors (Lipinski definition) is 12. The van der Waals surface area contributed by atoms with E-state index in [-0.39, 0.29) is 82.8 Å². The average Bonchev–Trinajstić information content (AvgIpc) is 3.00. The number of hydrogen-bond acceptors (Lipinski definition) is 13. The lowest BCUT2D eigenvalue weighted by Gasteiger charge is -2.33. The van der Waals surface area contributed by atoms with Crippen LogP contribution in [-0.2, 0) is 70.4 Å². The number of H-pyrrole nitrogens is 1. The molecule has 26 heteroatoms. The second-order valence-corrected chi connectivity index (χ2v) is 23.4. The number of nitrogens with zero attached hydrogens (tertiary/aromatic N) is 2. The third-order valence-corrected chi connectivity index (χ3v) is 15.6. The summed E-state index contributed by atoms with van der Waals surface area (Å²) in [5.74, 6) is -11.0. The normalized spacial score (nSPS) is 25.7. The molecule has 0 aliphatic carbocycles. The van der Waals surface area contributed by atoms with E-state index in [1.807, 2.05) is 32.0 Å². The SMILES string of the molecule is CC(C)C[C@@H]1NC(=O)[C@H](Cc2c[nH]c3ccccc23)NC(=O)[C@H](CC(C)C)NC(=O)[C@H](Cc2ccccc2)NC(=O)[C@@H]2CCCN2C(=O)[C@H]2CCCN2C(=O)[C@H](C)NC(=O)[C@H](CCC(=O)O)NC(=O)[C@H](CCCCN)NC(=O)[C@H](CC(N)=O)NC1=O. The zero-order chi connectivity index (χ0) is 62.8. The molecular weight excluding hydrogens is 1110 g/mol. The minimum Gasteiger partial charge on any atom is -0.481 e. The summed E-state index contributed by atoms with van der Waals surface area (Å²) in [5.41, 5.74) is 13.4. The fourth-order valence-corrected chi connectivity index (χ4v) is 11.2. The van der Waals surface area contributed by atoms with Crippen molar-refractivity contribution < 1.29 is 62.6 Å². The van der Waals surface area contributed by atoms with Crippen LogP contribution < -0.4 is 54.0 Å². The number of fused-ring (bicyclic) bond motifs is 3. The molecule has 3 aromatic rings. The standard InChI is InChI=1S/C60H85N13O13/c1-33(2)27-42-53(79)69-45(30-37-32-63-39-18-10-9-17-38(37)39)56(82)68-43(28-34(3)4)54(80)70-46(31-49(62)74)57(83)65-40(19-11-12-24-61)52(78)66-41(22-23-50(75)76)51(77)64-35(5)59(85)73-26-14-21-48(73)60(86)72-25-13-20-47(72)58(84)71-44(55(81)67-42)29-36-15-7-6-8-16-36/h6-10,15-18,32-35,40-48,63H,11-14,19-31,61H2,1-5H3,(H2,62,74)(H,64,77)(H,65,83)(H,66,78)(H,67,81)(H,68,82)(H,69,79)(H,70,80)(H,71,84)(H,75,76)/t35-,40-,41-,42-,43-,44-,45-,46-,47-,48+/m0/s1. The first-order valence-electron chi connectivity index (χ1n) is 29.8. The number of para-hydroxylation sites is 1. The number of nitrogens with two attached hydrogens (primary N) is 2. The fraction of sp³-hybridized carbons (Fsp3) is 0.567. The van der Waals surface area contributed by atoms with Gasteiger partial charge in [0.1, 0.15) is 60.4 Å². The van der Waals surface area contributed by atoms with E-state index in [9.17, 15) is 62.6 Å². The Morgan fingerprint density at radius 1 is 0.558 bits per heavy atom. The van der Waals surface area contributed by atoms with Gasteiger partial charge in [-0.2, -0.15) is 0 Å². The van der Waals surface area contributed by atoms with Gasteiger partial charge in [-0.1, -0.05) is 76.2 Å². The maximum Gasteiger partial charge on any atom is 0.303 e. The molecule has 3 aliphatic heterocycles. The summed E-state index contributed by atoms with van der Waals surface area (Å²) in [7, 11) is 0. The molecular formula is C60H85N13O13. The summed E-state index contributed by atoms with van der Waals surface area (Å²) in [4.78, 5) is 176. The zero-order valence-electron chi connectivity index (χ0n) is 49.6. The van der Waals surface area contributed by atoms with Gasteiger partial charge < -0.3 is 73.9 Å². The highest BCUT2D eigenvalue weighted by molar-refractivity contribution is 6.01. The molecule has 0 spiro atoms. The summed E-state index contributed by atoms with van der Waals surface area (Å²) in [6, 6.07) is 2.40. The van der Waals surface area contributed by atoms with Crippen LogP contribution in [-0.4, -0.2) is 171 Å². The van der Waals surface area contributed by atoms with Crippen LogP contribution >= 0.6 is 0 Å². The van der Waals surface area contributed by atoms with Crippen molar-refractivity contribution in [1.29, 1.82) is 0 Å². The van der Waals surface area contributed by atoms with Gasteiger partial charge in [0.15, 0.2) is 0 Å². The Labute approximate surface area is 499 Å². The van der Waals surface area contributed by atoms with Crippen molar-refractivity contribution in [3.05, 3.63) is 71.9 Å². The van der Waals surface area contributed by atoms with Crippen LogP contribution in [0.3, 0.4) is 0 Å². The van der Waals surface area contributed by atoms with Crippen LogP contribution in [0.4, 0.5) is 0 Å².